The van der Waals surface area contributed by atoms with E-state index in [1.165, 1.54) is 0 Å². The predicted molar refractivity (Wildman–Crippen MR) is 32.4 cm³/mol. The van der Waals surface area contributed by atoms with Crippen molar-refractivity contribution >= 4 is 0 Å². The van der Waals surface area contributed by atoms with Crippen LogP contribution in [0.5, 0.6) is 0 Å². The van der Waals surface area contributed by atoms with Crippen LogP contribution >= 0.6 is 0 Å². The van der Waals surface area contributed by atoms with Gasteiger partial charge in [-0.2, -0.15) is 0 Å². The second kappa shape index (κ2) is 1.71. The zero-order chi connectivity index (χ0) is 6.20. The van der Waals surface area contributed by atoms with E-state index in [0.29, 0.717) is 12.5 Å². The fraction of sp³-hybridized carbons (Fsp3) is 1.00. The number of aliphatic hydroxyl groups is 1. The van der Waals surface area contributed by atoms with Crippen molar-refractivity contribution in [2.45, 2.75) is 13.3 Å². The van der Waals surface area contributed by atoms with Crippen LogP contribution in [-0.4, -0.2) is 18.3 Å². The monoisotopic (exact) mass is 115 g/mol. The Labute approximate surface area is 49.7 Å². The molecule has 0 aliphatic heterocycles. The number of nitrogens with two attached hydrogens (primary N) is 1. The molecule has 2 heteroatoms. The van der Waals surface area contributed by atoms with E-state index in [9.17, 15) is 0 Å². The Hall–Kier alpha value is -0.0800. The Morgan fingerprint density at radius 2 is 2.50 bits per heavy atom. The lowest BCUT2D eigenvalue weighted by atomic mass is 10.1. The van der Waals surface area contributed by atoms with Crippen molar-refractivity contribution in [1.29, 1.82) is 0 Å². The van der Waals surface area contributed by atoms with Gasteiger partial charge in [-0.25, -0.2) is 0 Å². The van der Waals surface area contributed by atoms with Gasteiger partial charge in [0.05, 0.1) is 0 Å². The van der Waals surface area contributed by atoms with Crippen LogP contribution in [0.2, 0.25) is 0 Å². The van der Waals surface area contributed by atoms with Gasteiger partial charge in [0.2, 0.25) is 0 Å². The summed E-state index contributed by atoms with van der Waals surface area (Å²) in [5.74, 6) is 0.493. The van der Waals surface area contributed by atoms with Gasteiger partial charge in [-0.05, 0) is 24.3 Å². The highest BCUT2D eigenvalue weighted by molar-refractivity contribution is 4.98. The zero-order valence-corrected chi connectivity index (χ0v) is 5.22. The number of aliphatic hydroxyl groups excluding tert-OH is 1. The van der Waals surface area contributed by atoms with Gasteiger partial charge in [-0.3, -0.25) is 0 Å². The third-order valence-corrected chi connectivity index (χ3v) is 2.22. The average molecular weight is 115 g/mol. The summed E-state index contributed by atoms with van der Waals surface area (Å²) in [6, 6.07) is 0. The topological polar surface area (TPSA) is 46.2 Å². The van der Waals surface area contributed by atoms with Gasteiger partial charge >= 0.3 is 0 Å². The van der Waals surface area contributed by atoms with Crippen LogP contribution in [0, 0.1) is 11.3 Å². The standard InChI is InChI=1S/C6H13NO/c1-6(4-7)2-5(6)3-8/h5,8H,2-4,7H2,1H3/t5-,6+/m0/s1. The maximum absolute atomic E-state index is 8.62. The first-order chi connectivity index (χ1) is 3.73. The van der Waals surface area contributed by atoms with E-state index in [1.807, 2.05) is 0 Å². The molecule has 0 spiro atoms. The second-order valence-electron chi connectivity index (χ2n) is 2.94. The smallest absolute Gasteiger partial charge is 0.0465 e. The van der Waals surface area contributed by atoms with Crippen LogP contribution in [0.25, 0.3) is 0 Å². The van der Waals surface area contributed by atoms with Crippen molar-refractivity contribution in [3.05, 3.63) is 0 Å². The molecule has 0 saturated heterocycles. The van der Waals surface area contributed by atoms with Crippen molar-refractivity contribution in [2.75, 3.05) is 13.2 Å². The first-order valence-corrected chi connectivity index (χ1v) is 3.04. The zero-order valence-electron chi connectivity index (χ0n) is 5.22. The molecular formula is C6H13NO. The molecule has 1 fully saturated rings. The molecule has 0 unspecified atom stereocenters. The second-order valence-corrected chi connectivity index (χ2v) is 2.94. The van der Waals surface area contributed by atoms with E-state index in [0.717, 1.165) is 13.0 Å². The molecule has 1 aliphatic carbocycles. The lowest BCUT2D eigenvalue weighted by molar-refractivity contribution is 0.255. The lowest BCUT2D eigenvalue weighted by Crippen LogP contribution is -2.14. The predicted octanol–water partition coefficient (Wildman–Crippen LogP) is -0.0364. The van der Waals surface area contributed by atoms with Crippen molar-refractivity contribution in [1.82, 2.24) is 0 Å². The van der Waals surface area contributed by atoms with Crippen LogP contribution in [0.15, 0.2) is 0 Å². The van der Waals surface area contributed by atoms with Gasteiger partial charge < -0.3 is 10.8 Å². The Morgan fingerprint density at radius 1 is 1.88 bits per heavy atom. The van der Waals surface area contributed by atoms with Crippen LogP contribution in [-0.2, 0) is 0 Å². The molecule has 0 aromatic rings. The summed E-state index contributed by atoms with van der Waals surface area (Å²) in [5.41, 5.74) is 5.71. The number of hydrogen-bond donors (Lipinski definition) is 2. The molecule has 0 bridgehead atoms. The quantitative estimate of drug-likeness (QED) is 0.530. The average Bonchev–Trinajstić information content (AvgIpc) is 2.44. The summed E-state index contributed by atoms with van der Waals surface area (Å²) < 4.78 is 0. The Morgan fingerprint density at radius 3 is 2.62 bits per heavy atom. The van der Waals surface area contributed by atoms with E-state index in [-0.39, 0.29) is 5.41 Å². The molecular weight excluding hydrogens is 102 g/mol. The molecule has 0 amide bonds. The molecule has 1 saturated carbocycles. The Bertz CT molecular complexity index is 94.5. The summed E-state index contributed by atoms with van der Waals surface area (Å²) in [6.45, 7) is 3.15. The SMILES string of the molecule is C[C@]1(CN)C[C@H]1CO. The van der Waals surface area contributed by atoms with Crippen molar-refractivity contribution in [3.8, 4) is 0 Å². The molecule has 48 valence electrons. The van der Waals surface area contributed by atoms with Gasteiger partial charge in [0.1, 0.15) is 0 Å². The highest BCUT2D eigenvalue weighted by Crippen LogP contribution is 2.50. The van der Waals surface area contributed by atoms with E-state index in [2.05, 4.69) is 6.92 Å². The summed E-state index contributed by atoms with van der Waals surface area (Å²) in [6.07, 6.45) is 1.11. The fourth-order valence-corrected chi connectivity index (χ4v) is 1.04. The molecule has 1 aliphatic rings. The fourth-order valence-electron chi connectivity index (χ4n) is 1.04. The van der Waals surface area contributed by atoms with Gasteiger partial charge in [-0.1, -0.05) is 6.92 Å². The van der Waals surface area contributed by atoms with Crippen LogP contribution < -0.4 is 5.73 Å². The summed E-state index contributed by atoms with van der Waals surface area (Å²) in [4.78, 5) is 0. The molecule has 8 heavy (non-hydrogen) atoms. The van der Waals surface area contributed by atoms with Crippen molar-refractivity contribution in [3.63, 3.8) is 0 Å². The lowest BCUT2D eigenvalue weighted by Gasteiger charge is -2.02. The minimum absolute atomic E-state index is 0.286. The van der Waals surface area contributed by atoms with Crippen LogP contribution in [0.1, 0.15) is 13.3 Å². The Balaban J connectivity index is 2.31. The first-order valence-electron chi connectivity index (χ1n) is 3.04. The third-order valence-electron chi connectivity index (χ3n) is 2.22. The molecule has 0 aromatic carbocycles. The molecule has 0 aromatic heterocycles. The first kappa shape index (κ1) is 6.05. The van der Waals surface area contributed by atoms with Crippen LogP contribution in [0.3, 0.4) is 0 Å². The Kier molecular flexibility index (Phi) is 1.29. The molecule has 2 nitrogen and oxygen atoms in total. The van der Waals surface area contributed by atoms with Gasteiger partial charge in [0.25, 0.3) is 0 Å². The summed E-state index contributed by atoms with van der Waals surface area (Å²) >= 11 is 0. The maximum atomic E-state index is 8.62. The van der Waals surface area contributed by atoms with E-state index < -0.39 is 0 Å². The van der Waals surface area contributed by atoms with Gasteiger partial charge in [-0.15, -0.1) is 0 Å². The van der Waals surface area contributed by atoms with Crippen molar-refractivity contribution < 1.29 is 5.11 Å². The number of rotatable bonds is 2. The van der Waals surface area contributed by atoms with E-state index in [4.69, 9.17) is 10.8 Å². The molecule has 2 atom stereocenters. The van der Waals surface area contributed by atoms with Gasteiger partial charge in [0, 0.05) is 6.61 Å². The summed E-state index contributed by atoms with van der Waals surface area (Å²) in [7, 11) is 0. The highest BCUT2D eigenvalue weighted by atomic mass is 16.3. The van der Waals surface area contributed by atoms with Crippen LogP contribution in [0.4, 0.5) is 0 Å². The van der Waals surface area contributed by atoms with Gasteiger partial charge in [0.15, 0.2) is 0 Å². The summed E-state index contributed by atoms with van der Waals surface area (Å²) in [5, 5.41) is 8.62. The van der Waals surface area contributed by atoms with E-state index >= 15 is 0 Å². The molecule has 0 heterocycles. The minimum atomic E-state index is 0.286. The molecule has 0 radical (unpaired) electrons. The molecule has 1 rings (SSSR count). The third kappa shape index (κ3) is 0.740. The molecule has 3 N–H and O–H groups in total. The van der Waals surface area contributed by atoms with E-state index in [1.54, 1.807) is 0 Å². The normalized spacial score (nSPS) is 44.6. The number of hydrogen-bond acceptors (Lipinski definition) is 2. The van der Waals surface area contributed by atoms with Crippen molar-refractivity contribution in [2.24, 2.45) is 17.1 Å². The minimum Gasteiger partial charge on any atom is -0.396 e. The maximum Gasteiger partial charge on any atom is 0.0465 e. The largest absolute Gasteiger partial charge is 0.396 e. The highest BCUT2D eigenvalue weighted by Gasteiger charge is 2.47.